The number of ether oxygens (including phenoxy) is 1. The molecule has 0 aromatic heterocycles. The Morgan fingerprint density at radius 3 is 2.62 bits per heavy atom. The van der Waals surface area contributed by atoms with Crippen molar-refractivity contribution in [2.24, 2.45) is 5.84 Å². The van der Waals surface area contributed by atoms with Gasteiger partial charge in [-0.2, -0.15) is 0 Å². The van der Waals surface area contributed by atoms with Crippen molar-refractivity contribution in [3.63, 3.8) is 0 Å². The summed E-state index contributed by atoms with van der Waals surface area (Å²) in [5.41, 5.74) is 0.940. The van der Waals surface area contributed by atoms with Crippen LogP contribution in [0.15, 0.2) is 60.7 Å². The highest BCUT2D eigenvalue weighted by Crippen LogP contribution is 2.27. The smallest absolute Gasteiger partial charge is 0.337 e. The van der Waals surface area contributed by atoms with Crippen LogP contribution in [0, 0.1) is 11.6 Å². The van der Waals surface area contributed by atoms with Gasteiger partial charge in [-0.05, 0) is 49.4 Å². The average molecular weight is 379 g/mol. The van der Waals surface area contributed by atoms with Crippen molar-refractivity contribution in [1.29, 1.82) is 0 Å². The zero-order valence-corrected chi connectivity index (χ0v) is 14.8. The summed E-state index contributed by atoms with van der Waals surface area (Å²) in [5.74, 6) is 3.46. The van der Waals surface area contributed by atoms with Crippen molar-refractivity contribution in [2.45, 2.75) is 6.92 Å². The van der Waals surface area contributed by atoms with Gasteiger partial charge >= 0.3 is 5.97 Å². The van der Waals surface area contributed by atoms with Gasteiger partial charge in [0.2, 0.25) is 0 Å². The van der Waals surface area contributed by atoms with Gasteiger partial charge in [0.1, 0.15) is 0 Å². The number of esters is 1. The molecule has 2 N–H and O–H groups in total. The third-order valence-corrected chi connectivity index (χ3v) is 3.64. The normalized spacial score (nSPS) is 11.2. The lowest BCUT2D eigenvalue weighted by molar-refractivity contribution is -0.138. The highest BCUT2D eigenvalue weighted by molar-refractivity contribution is 6.30. The average Bonchev–Trinajstić information content (AvgIpc) is 2.61. The summed E-state index contributed by atoms with van der Waals surface area (Å²) in [6, 6.07) is 9.89. The van der Waals surface area contributed by atoms with Crippen LogP contribution in [0.2, 0.25) is 5.02 Å². The van der Waals surface area contributed by atoms with Crippen LogP contribution in [0.4, 0.5) is 14.5 Å². The molecule has 0 amide bonds. The third-order valence-electron chi connectivity index (χ3n) is 3.41. The molecule has 0 fully saturated rings. The first-order valence-electron chi connectivity index (χ1n) is 7.67. The van der Waals surface area contributed by atoms with Gasteiger partial charge < -0.3 is 4.74 Å². The zero-order chi connectivity index (χ0) is 19.3. The molecule has 0 bridgehead atoms. The van der Waals surface area contributed by atoms with E-state index in [2.05, 4.69) is 6.58 Å². The fourth-order valence-electron chi connectivity index (χ4n) is 2.16. The maximum Gasteiger partial charge on any atom is 0.337 e. The van der Waals surface area contributed by atoms with Crippen molar-refractivity contribution in [1.82, 2.24) is 0 Å². The molecule has 4 nitrogen and oxygen atoms in total. The van der Waals surface area contributed by atoms with Crippen molar-refractivity contribution in [3.8, 4) is 0 Å². The Balaban J connectivity index is 2.52. The predicted octanol–water partition coefficient (Wildman–Crippen LogP) is 4.46. The van der Waals surface area contributed by atoms with Crippen LogP contribution < -0.4 is 10.9 Å². The Kier molecular flexibility index (Phi) is 6.49. The minimum absolute atomic E-state index is 0.00376. The van der Waals surface area contributed by atoms with E-state index in [1.807, 2.05) is 0 Å². The molecule has 2 aromatic rings. The number of hydrogen-bond donors (Lipinski definition) is 1. The van der Waals surface area contributed by atoms with Crippen molar-refractivity contribution >= 4 is 29.0 Å². The molecule has 0 aliphatic rings. The van der Waals surface area contributed by atoms with Crippen molar-refractivity contribution in [3.05, 3.63) is 82.9 Å². The number of hydrogen-bond acceptors (Lipinski definition) is 4. The Bertz CT molecular complexity index is 868. The molecule has 0 aliphatic heterocycles. The summed E-state index contributed by atoms with van der Waals surface area (Å²) >= 11 is 5.98. The minimum Gasteiger partial charge on any atom is -0.462 e. The van der Waals surface area contributed by atoms with Crippen LogP contribution in [0.3, 0.4) is 0 Å². The Hall–Kier alpha value is -2.70. The van der Waals surface area contributed by atoms with E-state index < -0.39 is 17.6 Å². The highest BCUT2D eigenvalue weighted by atomic mass is 35.5. The Labute approximate surface area is 155 Å². The van der Waals surface area contributed by atoms with Crippen LogP contribution in [0.25, 0.3) is 5.70 Å². The summed E-state index contributed by atoms with van der Waals surface area (Å²) in [6.45, 7) is 5.48. The number of nitrogens with two attached hydrogens (primary N) is 1. The molecule has 0 heterocycles. The number of benzene rings is 2. The van der Waals surface area contributed by atoms with Gasteiger partial charge in [-0.1, -0.05) is 24.2 Å². The van der Waals surface area contributed by atoms with Crippen molar-refractivity contribution < 1.29 is 18.3 Å². The second kappa shape index (κ2) is 8.60. The number of nitrogens with zero attached hydrogens (tertiary/aromatic N) is 1. The monoisotopic (exact) mass is 378 g/mol. The Morgan fingerprint density at radius 1 is 1.27 bits per heavy atom. The van der Waals surface area contributed by atoms with Gasteiger partial charge in [0, 0.05) is 10.6 Å². The molecular formula is C19H17ClF2N2O2. The molecular weight excluding hydrogens is 362 g/mol. The molecule has 0 aliphatic carbocycles. The van der Waals surface area contributed by atoms with Crippen LogP contribution in [0.5, 0.6) is 0 Å². The molecule has 0 unspecified atom stereocenters. The summed E-state index contributed by atoms with van der Waals surface area (Å²) in [6.07, 6.45) is 1.34. The van der Waals surface area contributed by atoms with Crippen LogP contribution in [-0.4, -0.2) is 12.6 Å². The van der Waals surface area contributed by atoms with Crippen LogP contribution in [-0.2, 0) is 9.53 Å². The second-order valence-electron chi connectivity index (χ2n) is 5.25. The highest BCUT2D eigenvalue weighted by Gasteiger charge is 2.16. The maximum atomic E-state index is 13.7. The van der Waals surface area contributed by atoms with E-state index in [4.69, 9.17) is 22.2 Å². The van der Waals surface area contributed by atoms with Gasteiger partial charge in [0.05, 0.1) is 23.6 Å². The lowest BCUT2D eigenvalue weighted by Gasteiger charge is -2.23. The molecule has 26 heavy (non-hydrogen) atoms. The molecule has 136 valence electrons. The third kappa shape index (κ3) is 4.68. The number of rotatable bonds is 6. The number of halogens is 3. The molecule has 7 heteroatoms. The number of hydrazine groups is 1. The molecule has 0 saturated heterocycles. The van der Waals surface area contributed by atoms with E-state index in [1.54, 1.807) is 31.2 Å². The molecule has 0 saturated carbocycles. The van der Waals surface area contributed by atoms with E-state index >= 15 is 0 Å². The Morgan fingerprint density at radius 2 is 2.00 bits per heavy atom. The largest absolute Gasteiger partial charge is 0.462 e. The van der Waals surface area contributed by atoms with Gasteiger partial charge in [0.15, 0.2) is 11.6 Å². The molecule has 0 atom stereocenters. The van der Waals surface area contributed by atoms with E-state index in [0.29, 0.717) is 10.7 Å². The first-order chi connectivity index (χ1) is 12.3. The van der Waals surface area contributed by atoms with E-state index in [-0.39, 0.29) is 23.4 Å². The summed E-state index contributed by atoms with van der Waals surface area (Å²) in [7, 11) is 0. The standard InChI is InChI=1S/C19H17ClF2N2O2/c1-3-26-19(25)12(2)9-18(13-7-8-16(21)17(22)10-13)24(23)15-6-4-5-14(20)11-15/h4-11H,2-3,23H2,1H3/b18-9-. The topological polar surface area (TPSA) is 55.6 Å². The van der Waals surface area contributed by atoms with Gasteiger partial charge in [-0.25, -0.2) is 19.4 Å². The maximum absolute atomic E-state index is 13.7. The summed E-state index contributed by atoms with van der Waals surface area (Å²) < 4.78 is 31.9. The summed E-state index contributed by atoms with van der Waals surface area (Å²) in [5, 5.41) is 1.63. The van der Waals surface area contributed by atoms with E-state index in [9.17, 15) is 13.6 Å². The second-order valence-corrected chi connectivity index (χ2v) is 5.69. The first kappa shape index (κ1) is 19.6. The molecule has 2 rings (SSSR count). The van der Waals surface area contributed by atoms with E-state index in [0.717, 1.165) is 12.1 Å². The lowest BCUT2D eigenvalue weighted by Crippen LogP contribution is -2.29. The molecule has 2 aromatic carbocycles. The number of carbonyl (C=O) groups excluding carboxylic acids is 1. The van der Waals surface area contributed by atoms with Crippen LogP contribution in [0.1, 0.15) is 12.5 Å². The van der Waals surface area contributed by atoms with Crippen LogP contribution >= 0.6 is 11.6 Å². The summed E-state index contributed by atoms with van der Waals surface area (Å²) in [4.78, 5) is 11.9. The lowest BCUT2D eigenvalue weighted by atomic mass is 10.1. The van der Waals surface area contributed by atoms with Gasteiger partial charge in [-0.3, -0.25) is 5.01 Å². The van der Waals surface area contributed by atoms with Gasteiger partial charge in [0.25, 0.3) is 0 Å². The quantitative estimate of drug-likeness (QED) is 0.265. The predicted molar refractivity (Wildman–Crippen MR) is 98.2 cm³/mol. The van der Waals surface area contributed by atoms with Crippen molar-refractivity contribution in [2.75, 3.05) is 11.6 Å². The fraction of sp³-hybridized carbons (Fsp3) is 0.105. The zero-order valence-electron chi connectivity index (χ0n) is 14.0. The fourth-order valence-corrected chi connectivity index (χ4v) is 2.34. The SMILES string of the molecule is C=C(/C=C(/c1ccc(F)c(F)c1)N(N)c1cccc(Cl)c1)C(=O)OCC. The first-order valence-corrected chi connectivity index (χ1v) is 8.04. The molecule has 0 spiro atoms. The number of carbonyl (C=O) groups is 1. The molecule has 0 radical (unpaired) electrons. The van der Waals surface area contributed by atoms with Gasteiger partial charge in [-0.15, -0.1) is 0 Å². The minimum atomic E-state index is -1.05. The van der Waals surface area contributed by atoms with E-state index in [1.165, 1.54) is 17.2 Å². The number of anilines is 1.